The van der Waals surface area contributed by atoms with Crippen LogP contribution in [0, 0.1) is 0 Å². The molecule has 4 amide bonds. The molecule has 11 aromatic rings. The number of carbonyl (C=O) groups is 4. The summed E-state index contributed by atoms with van der Waals surface area (Å²) in [6.07, 6.45) is 7.51. The fourth-order valence-corrected chi connectivity index (χ4v) is 32.3. The number of amides is 4. The Kier molecular flexibility index (Phi) is 30.6. The summed E-state index contributed by atoms with van der Waals surface area (Å²) in [7, 11) is -6.54. The number of aliphatic hydroxyl groups excluding tert-OH is 2. The quantitative estimate of drug-likeness (QED) is 0.0228. The number of carbonyl (C=O) groups excluding carboxylic acids is 4. The molecule has 36 nitrogen and oxygen atoms in total. The Bertz CT molecular complexity index is 7070. The first-order valence-electron chi connectivity index (χ1n) is 44.3. The Hall–Kier alpha value is -12.6. The first-order chi connectivity index (χ1) is 64.8. The molecule has 42 heteroatoms. The van der Waals surface area contributed by atoms with Gasteiger partial charge in [0.1, 0.15) is 68.1 Å². The molecule has 0 fully saturated rings. The second kappa shape index (κ2) is 40.5. The zero-order chi connectivity index (χ0) is 102. The van der Waals surface area contributed by atoms with Crippen LogP contribution in [0.1, 0.15) is 176 Å². The molecule has 15 rings (SSSR count). The predicted octanol–water partition coefficient (Wildman–Crippen LogP) is 14.8. The van der Waals surface area contributed by atoms with Crippen LogP contribution in [0.3, 0.4) is 0 Å². The summed E-state index contributed by atoms with van der Waals surface area (Å²) >= 11 is 0. The predicted molar refractivity (Wildman–Crippen MR) is 535 cm³/mol. The molecule has 0 bridgehead atoms. The van der Waals surface area contributed by atoms with E-state index in [0.717, 1.165) is 43.5 Å². The van der Waals surface area contributed by atoms with Gasteiger partial charge in [0.2, 0.25) is 40.1 Å². The number of pyridine rings is 4. The van der Waals surface area contributed by atoms with Gasteiger partial charge in [-0.15, -0.1) is 0 Å². The summed E-state index contributed by atoms with van der Waals surface area (Å²) in [5.41, 5.74) is 6.89. The molecule has 0 saturated heterocycles. The molecular formula is C96H120N12O24S4Si2. The highest BCUT2D eigenvalue weighted by Gasteiger charge is 2.54. The van der Waals surface area contributed by atoms with Crippen molar-refractivity contribution in [3.05, 3.63) is 189 Å². The van der Waals surface area contributed by atoms with Crippen molar-refractivity contribution in [2.75, 3.05) is 106 Å². The zero-order valence-electron chi connectivity index (χ0n) is 81.8. The van der Waals surface area contributed by atoms with E-state index in [2.05, 4.69) is 113 Å². The summed E-state index contributed by atoms with van der Waals surface area (Å²) in [6, 6.07) is 29.3. The van der Waals surface area contributed by atoms with Gasteiger partial charge in [0.15, 0.2) is 24.0 Å². The van der Waals surface area contributed by atoms with Gasteiger partial charge in [0.25, 0.3) is 40.3 Å². The minimum atomic E-state index is -3.80. The first kappa shape index (κ1) is 104. The normalized spacial score (nSPS) is 14.8. The van der Waals surface area contributed by atoms with E-state index in [1.807, 2.05) is 0 Å². The lowest BCUT2D eigenvalue weighted by Gasteiger charge is -2.42. The SMILES string of the molecule is CN(c1c2c(c(O)c3ncccc13)C(=O)NC2)S(C)(=O)=O.COc1ccc(CN2C(=O)c3c(c(N(C)S(C)(=O)=O)c4cccnc4c3O[Si](C(C)C)(C(C)C)C(C)C)C2O)c(OC)c1.COc1ccc(CN2C(=O)c3c(c(NS(C)(=O)=O)c4cccnc4c3O[Si](C(C)C)(C(C)C)C(C)C)C2O)c(OC)c1.COc1ccc(CN2Cc3c(c(O)c4ncccc4c3N(C)S(C)(=O)=O)C2=O)c(OC)c1. The van der Waals surface area contributed by atoms with E-state index in [-0.39, 0.29) is 139 Å². The molecule has 740 valence electrons. The fourth-order valence-electron chi connectivity index (χ4n) is 19.5. The Morgan fingerprint density at radius 1 is 0.428 bits per heavy atom. The number of nitrogens with zero attached hydrogens (tertiary/aromatic N) is 10. The lowest BCUT2D eigenvalue weighted by molar-refractivity contribution is 0.0130. The van der Waals surface area contributed by atoms with Crippen molar-refractivity contribution in [3.8, 4) is 57.5 Å². The maximum atomic E-state index is 14.5. The number of hydrogen-bond acceptors (Lipinski definition) is 28. The number of aromatic hydroxyl groups is 2. The number of hydrogen-bond donors (Lipinski definition) is 6. The second-order valence-corrected chi connectivity index (χ2v) is 54.6. The van der Waals surface area contributed by atoms with E-state index < -0.39 is 92.8 Å². The lowest BCUT2D eigenvalue weighted by atomic mass is 10.0. The molecule has 4 aliphatic rings. The van der Waals surface area contributed by atoms with Crippen LogP contribution in [0.15, 0.2) is 128 Å². The van der Waals surface area contributed by atoms with Gasteiger partial charge in [-0.3, -0.25) is 56.8 Å². The topological polar surface area (TPSA) is 455 Å². The third-order valence-corrected chi connectivity index (χ3v) is 42.1. The molecule has 0 spiro atoms. The summed E-state index contributed by atoms with van der Waals surface area (Å²) in [4.78, 5) is 75.7. The van der Waals surface area contributed by atoms with Crippen LogP contribution in [0.5, 0.6) is 57.5 Å². The van der Waals surface area contributed by atoms with E-state index in [1.165, 1.54) is 69.6 Å². The van der Waals surface area contributed by atoms with E-state index in [9.17, 15) is 73.3 Å². The van der Waals surface area contributed by atoms with E-state index in [4.69, 9.17) is 37.3 Å². The monoisotopic (exact) mass is 2010 g/mol. The molecule has 6 N–H and O–H groups in total. The van der Waals surface area contributed by atoms with Crippen LogP contribution in [0.25, 0.3) is 43.6 Å². The third kappa shape index (κ3) is 19.4. The molecule has 0 radical (unpaired) electrons. The Balaban J connectivity index is 0.000000170. The maximum Gasteiger partial charge on any atom is 0.260 e. The third-order valence-electron chi connectivity index (χ3n) is 26.1. The molecule has 0 saturated carbocycles. The standard InChI is InChI=1S/C31H43N3O7SSi.C30H41N3O7SSi.C22H23N3O6S.C13H13N3O4S/c1-18(2)43(19(3)4,20(5)6)41-29-26-25(28(33(7)42(10,37)38)23-12-11-15-32-27(23)29)30(35)34(31(26)36)17-21-13-14-22(39-8)16-24(21)40-9;1-17(2)42(18(3)4,19(5)6)40-28-25-24(26(32-41(9,36)37)22-11-10-14-31-27(22)28)29(34)33(30(25)35)16-20-12-13-21(38-7)15-23(20)39-8;1-24(32(4,28)29)20-15-6-5-9-23-19(15)21(26)18-16(20)12-25(22(18)27)11-13-7-8-14(30-2)10-17(13)31-3;1-16(21(2,19)20)11-7-4-3-5-14-10(7)12(17)9-8(11)6-15-13(9)18/h11-16,18-20,30,35H,17H2,1-10H3;10-15,17-19,29,32,34H,16H2,1-9H3;5-10,26H,11-12H2,1-4H3;3-5,17H,6H2,1-2H3,(H,15,18). The molecule has 2 atom stereocenters. The number of anilines is 4. The smallest absolute Gasteiger partial charge is 0.260 e. The summed E-state index contributed by atoms with van der Waals surface area (Å²) in [5, 5.41) is 49.2. The van der Waals surface area contributed by atoms with Gasteiger partial charge in [0, 0.05) is 144 Å². The average molecular weight is 2010 g/mol. The van der Waals surface area contributed by atoms with Crippen molar-refractivity contribution >= 4 is 147 Å². The van der Waals surface area contributed by atoms with Crippen molar-refractivity contribution < 1.29 is 111 Å². The van der Waals surface area contributed by atoms with Gasteiger partial charge in [-0.2, -0.15) is 0 Å². The molecule has 138 heavy (non-hydrogen) atoms. The van der Waals surface area contributed by atoms with Gasteiger partial charge in [-0.1, -0.05) is 83.1 Å². The van der Waals surface area contributed by atoms with Gasteiger partial charge in [-0.25, -0.2) is 33.7 Å². The van der Waals surface area contributed by atoms with Crippen molar-refractivity contribution in [2.45, 2.75) is 162 Å². The Labute approximate surface area is 806 Å². The van der Waals surface area contributed by atoms with E-state index >= 15 is 0 Å². The number of methoxy groups -OCH3 is 6. The summed E-state index contributed by atoms with van der Waals surface area (Å²) in [6.45, 7) is 26.2. The number of aliphatic hydroxyl groups is 2. The van der Waals surface area contributed by atoms with Crippen molar-refractivity contribution in [1.29, 1.82) is 0 Å². The molecule has 4 aliphatic heterocycles. The summed E-state index contributed by atoms with van der Waals surface area (Å²) in [5.74, 6) is 1.60. The average Bonchev–Trinajstić information content (AvgIpc) is 1.59. The zero-order valence-corrected chi connectivity index (χ0v) is 87.1. The number of nitrogens with one attached hydrogen (secondary N) is 2. The van der Waals surface area contributed by atoms with Gasteiger partial charge in [-0.05, 0) is 118 Å². The number of fused-ring (bicyclic) bond motifs is 8. The van der Waals surface area contributed by atoms with Gasteiger partial charge in [0.05, 0.1) is 126 Å². The maximum absolute atomic E-state index is 14.5. The minimum Gasteiger partial charge on any atom is -0.541 e. The molecule has 4 aromatic heterocycles. The number of phenols is 2. The van der Waals surface area contributed by atoms with E-state index in [1.54, 1.807) is 137 Å². The number of benzene rings is 7. The molecule has 0 aliphatic carbocycles. The van der Waals surface area contributed by atoms with Crippen molar-refractivity contribution in [1.82, 2.24) is 40.0 Å². The van der Waals surface area contributed by atoms with Crippen LogP contribution in [-0.2, 0) is 72.8 Å². The van der Waals surface area contributed by atoms with E-state index in [0.29, 0.717) is 106 Å². The van der Waals surface area contributed by atoms with Crippen LogP contribution in [0.4, 0.5) is 22.7 Å². The van der Waals surface area contributed by atoms with Crippen molar-refractivity contribution in [2.24, 2.45) is 0 Å². The van der Waals surface area contributed by atoms with Crippen molar-refractivity contribution in [3.63, 3.8) is 0 Å². The lowest BCUT2D eigenvalue weighted by Crippen LogP contribution is -2.51. The molecule has 7 aromatic carbocycles. The number of rotatable bonds is 30. The van der Waals surface area contributed by atoms with Crippen LogP contribution < -0.4 is 60.2 Å². The number of ether oxygens (including phenoxy) is 6. The van der Waals surface area contributed by atoms with Crippen LogP contribution in [-0.4, -0.2) is 218 Å². The number of aromatic nitrogens is 4. The summed E-state index contributed by atoms with van der Waals surface area (Å²) < 4.78 is 152. The Morgan fingerprint density at radius 2 is 0.761 bits per heavy atom. The minimum absolute atomic E-state index is 0.00575. The number of phenolic OH excluding ortho intramolecular Hbond substituents is 2. The first-order valence-corrected chi connectivity index (χ1v) is 56.0. The largest absolute Gasteiger partial charge is 0.541 e. The highest BCUT2D eigenvalue weighted by Crippen LogP contribution is 2.56. The second-order valence-electron chi connectivity index (χ2n) is 36.1. The molecular weight excluding hydrogens is 1890 g/mol. The highest BCUT2D eigenvalue weighted by atomic mass is 32.2. The number of sulfonamides is 4. The Morgan fingerprint density at radius 3 is 1.13 bits per heavy atom. The van der Waals surface area contributed by atoms with Crippen LogP contribution >= 0.6 is 0 Å². The molecule has 8 heterocycles. The fraction of sp³-hybridized carbons (Fsp3) is 0.396. The highest BCUT2D eigenvalue weighted by molar-refractivity contribution is 7.92. The van der Waals surface area contributed by atoms with Crippen LogP contribution in [0.2, 0.25) is 33.2 Å². The molecule has 2 unspecified atom stereocenters. The van der Waals surface area contributed by atoms with Gasteiger partial charge >= 0.3 is 0 Å². The van der Waals surface area contributed by atoms with Gasteiger partial charge < -0.3 is 77.7 Å².